The van der Waals surface area contributed by atoms with Gasteiger partial charge in [-0.1, -0.05) is 23.7 Å². The lowest BCUT2D eigenvalue weighted by Gasteiger charge is -2.28. The second-order valence-electron chi connectivity index (χ2n) is 5.91. The molecular weight excluding hydrogens is 324 g/mol. The number of furan rings is 1. The number of likely N-dealkylation sites (tertiary alicyclic amines) is 1. The van der Waals surface area contributed by atoms with Crippen molar-refractivity contribution in [3.05, 3.63) is 65.1 Å². The largest absolute Gasteiger partial charge is 0.465 e. The zero-order valence-electron chi connectivity index (χ0n) is 13.5. The van der Waals surface area contributed by atoms with Crippen LogP contribution in [-0.4, -0.2) is 30.4 Å². The fraction of sp³-hybridized carbons (Fsp3) is 0.316. The van der Waals surface area contributed by atoms with E-state index in [1.54, 1.807) is 18.4 Å². The number of hydrogen-bond donors (Lipinski definition) is 1. The van der Waals surface area contributed by atoms with E-state index in [1.165, 1.54) is 18.9 Å². The normalized spacial score (nSPS) is 16.5. The predicted octanol–water partition coefficient (Wildman–Crippen LogP) is 3.90. The molecule has 1 amide bonds. The Balaban J connectivity index is 1.64. The summed E-state index contributed by atoms with van der Waals surface area (Å²) >= 11 is 6.14. The van der Waals surface area contributed by atoms with Gasteiger partial charge in [0.25, 0.3) is 0 Å². The number of nitrogens with zero attached hydrogens (tertiary/aromatic N) is 1. The van der Waals surface area contributed by atoms with Crippen LogP contribution in [0.25, 0.3) is 6.08 Å². The molecule has 2 heterocycles. The van der Waals surface area contributed by atoms with Gasteiger partial charge in [0.2, 0.25) is 5.91 Å². The van der Waals surface area contributed by atoms with E-state index in [0.717, 1.165) is 23.7 Å². The Bertz CT molecular complexity index is 691. The number of carbonyl (C=O) groups excluding carboxylic acids is 1. The maximum atomic E-state index is 12.1. The molecule has 0 saturated carbocycles. The van der Waals surface area contributed by atoms with Gasteiger partial charge in [0.15, 0.2) is 0 Å². The van der Waals surface area contributed by atoms with E-state index in [9.17, 15) is 4.79 Å². The summed E-state index contributed by atoms with van der Waals surface area (Å²) in [6.45, 7) is 2.66. The summed E-state index contributed by atoms with van der Waals surface area (Å²) in [7, 11) is 0. The molecule has 1 aliphatic rings. The van der Waals surface area contributed by atoms with Crippen molar-refractivity contribution in [1.82, 2.24) is 10.2 Å². The average Bonchev–Trinajstić information content (AvgIpc) is 3.27. The minimum absolute atomic E-state index is 0.127. The monoisotopic (exact) mass is 344 g/mol. The van der Waals surface area contributed by atoms with Crippen molar-refractivity contribution in [3.63, 3.8) is 0 Å². The highest BCUT2D eigenvalue weighted by Gasteiger charge is 2.23. The van der Waals surface area contributed by atoms with E-state index in [0.29, 0.717) is 12.3 Å². The van der Waals surface area contributed by atoms with E-state index in [4.69, 9.17) is 16.0 Å². The zero-order chi connectivity index (χ0) is 16.8. The quantitative estimate of drug-likeness (QED) is 0.808. The Kier molecular flexibility index (Phi) is 5.72. The fourth-order valence-corrected chi connectivity index (χ4v) is 3.22. The number of nitrogens with one attached hydrogen (secondary N) is 1. The van der Waals surface area contributed by atoms with Crippen molar-refractivity contribution in [2.45, 2.75) is 18.9 Å². The first-order valence-electron chi connectivity index (χ1n) is 8.21. The number of halogens is 1. The third-order valence-electron chi connectivity index (χ3n) is 4.23. The molecule has 0 aliphatic carbocycles. The lowest BCUT2D eigenvalue weighted by molar-refractivity contribution is -0.116. The van der Waals surface area contributed by atoms with Gasteiger partial charge in [-0.2, -0.15) is 0 Å². The molecule has 24 heavy (non-hydrogen) atoms. The Morgan fingerprint density at radius 3 is 2.83 bits per heavy atom. The lowest BCUT2D eigenvalue weighted by Crippen LogP contribution is -2.36. The molecule has 2 aromatic rings. The number of amides is 1. The van der Waals surface area contributed by atoms with Crippen molar-refractivity contribution in [2.24, 2.45) is 0 Å². The van der Waals surface area contributed by atoms with Crippen LogP contribution in [0.2, 0.25) is 5.02 Å². The number of rotatable bonds is 6. The van der Waals surface area contributed by atoms with Crippen LogP contribution in [0.4, 0.5) is 0 Å². The molecule has 0 bridgehead atoms. The predicted molar refractivity (Wildman–Crippen MR) is 95.8 cm³/mol. The van der Waals surface area contributed by atoms with Gasteiger partial charge >= 0.3 is 0 Å². The van der Waals surface area contributed by atoms with E-state index in [2.05, 4.69) is 16.3 Å². The first-order valence-corrected chi connectivity index (χ1v) is 8.59. The minimum Gasteiger partial charge on any atom is -0.465 e. The third-order valence-corrected chi connectivity index (χ3v) is 4.46. The highest BCUT2D eigenvalue weighted by molar-refractivity contribution is 6.30. The molecule has 1 aromatic heterocycles. The van der Waals surface area contributed by atoms with E-state index in [-0.39, 0.29) is 11.9 Å². The number of benzene rings is 1. The second kappa shape index (κ2) is 8.18. The van der Waals surface area contributed by atoms with Crippen LogP contribution in [0.3, 0.4) is 0 Å². The molecule has 5 heteroatoms. The van der Waals surface area contributed by atoms with E-state index >= 15 is 0 Å². The van der Waals surface area contributed by atoms with Crippen molar-refractivity contribution in [2.75, 3.05) is 19.6 Å². The third kappa shape index (κ3) is 4.49. The molecule has 126 valence electrons. The summed E-state index contributed by atoms with van der Waals surface area (Å²) in [5.74, 6) is 0.536. The van der Waals surface area contributed by atoms with Crippen molar-refractivity contribution in [1.29, 1.82) is 0 Å². The Morgan fingerprint density at radius 2 is 2.12 bits per heavy atom. The zero-order valence-corrected chi connectivity index (χ0v) is 14.2. The summed E-state index contributed by atoms with van der Waals surface area (Å²) < 4.78 is 5.18. The molecular formula is C19H21ClN2O2. The first-order chi connectivity index (χ1) is 11.7. The van der Waals surface area contributed by atoms with Crippen LogP contribution in [0.15, 0.2) is 53.2 Å². The summed E-state index contributed by atoms with van der Waals surface area (Å²) in [6, 6.07) is 11.6. The van der Waals surface area contributed by atoms with Gasteiger partial charge in [0.05, 0.1) is 12.3 Å². The number of carbonyl (C=O) groups is 1. The molecule has 1 saturated heterocycles. The average molecular weight is 345 g/mol. The van der Waals surface area contributed by atoms with Gasteiger partial charge in [0, 0.05) is 17.6 Å². The Labute approximate surface area is 147 Å². The Morgan fingerprint density at radius 1 is 1.29 bits per heavy atom. The summed E-state index contributed by atoms with van der Waals surface area (Å²) in [4.78, 5) is 14.5. The second-order valence-corrected chi connectivity index (χ2v) is 6.34. The van der Waals surface area contributed by atoms with Gasteiger partial charge in [-0.15, -0.1) is 0 Å². The van der Waals surface area contributed by atoms with Gasteiger partial charge < -0.3 is 9.73 Å². The first kappa shape index (κ1) is 16.8. The molecule has 0 radical (unpaired) electrons. The molecule has 4 nitrogen and oxygen atoms in total. The van der Waals surface area contributed by atoms with Crippen molar-refractivity contribution in [3.8, 4) is 0 Å². The molecule has 1 fully saturated rings. The van der Waals surface area contributed by atoms with Gasteiger partial charge in [-0.05, 0) is 61.8 Å². The summed E-state index contributed by atoms with van der Waals surface area (Å²) in [5.41, 5.74) is 1.14. The molecule has 1 N–H and O–H groups in total. The topological polar surface area (TPSA) is 45.5 Å². The minimum atomic E-state index is -0.127. The van der Waals surface area contributed by atoms with Crippen molar-refractivity contribution >= 4 is 23.6 Å². The smallest absolute Gasteiger partial charge is 0.244 e. The lowest BCUT2D eigenvalue weighted by atomic mass is 10.1. The molecule has 1 unspecified atom stereocenters. The maximum absolute atomic E-state index is 12.1. The SMILES string of the molecule is O=C(/C=C/c1ccco1)NCC(c1cccc(Cl)c1)N1CCCC1. The van der Waals surface area contributed by atoms with Crippen LogP contribution in [-0.2, 0) is 4.79 Å². The van der Waals surface area contributed by atoms with Crippen molar-refractivity contribution < 1.29 is 9.21 Å². The van der Waals surface area contributed by atoms with Crippen LogP contribution in [0.5, 0.6) is 0 Å². The highest BCUT2D eigenvalue weighted by Crippen LogP contribution is 2.26. The maximum Gasteiger partial charge on any atom is 0.244 e. The van der Waals surface area contributed by atoms with Crippen LogP contribution < -0.4 is 5.32 Å². The number of hydrogen-bond acceptors (Lipinski definition) is 3. The fourth-order valence-electron chi connectivity index (χ4n) is 3.03. The molecule has 3 rings (SSSR count). The Hall–Kier alpha value is -2.04. The van der Waals surface area contributed by atoms with E-state index in [1.807, 2.05) is 24.3 Å². The summed E-state index contributed by atoms with van der Waals surface area (Å²) in [5, 5.41) is 3.71. The van der Waals surface area contributed by atoms with Crippen LogP contribution >= 0.6 is 11.6 Å². The molecule has 1 aliphatic heterocycles. The van der Waals surface area contributed by atoms with E-state index < -0.39 is 0 Å². The van der Waals surface area contributed by atoms with Gasteiger partial charge in [-0.3, -0.25) is 9.69 Å². The standard InChI is InChI=1S/C19H21ClN2O2/c20-16-6-3-5-15(13-16)18(22-10-1-2-11-22)14-21-19(23)9-8-17-7-4-12-24-17/h3-9,12-13,18H,1-2,10-11,14H2,(H,21,23)/b9-8+. The molecule has 1 atom stereocenters. The van der Waals surface area contributed by atoms with Crippen LogP contribution in [0, 0.1) is 0 Å². The van der Waals surface area contributed by atoms with Gasteiger partial charge in [0.1, 0.15) is 5.76 Å². The summed E-state index contributed by atoms with van der Waals surface area (Å²) in [6.07, 6.45) is 7.14. The molecule has 0 spiro atoms. The highest BCUT2D eigenvalue weighted by atomic mass is 35.5. The van der Waals surface area contributed by atoms with Crippen LogP contribution in [0.1, 0.15) is 30.2 Å². The molecule has 1 aromatic carbocycles. The van der Waals surface area contributed by atoms with Gasteiger partial charge in [-0.25, -0.2) is 0 Å².